The van der Waals surface area contributed by atoms with Gasteiger partial charge in [-0.25, -0.2) is 0 Å². The van der Waals surface area contributed by atoms with Gasteiger partial charge >= 0.3 is 0 Å². The molecule has 0 heteroatoms. The van der Waals surface area contributed by atoms with E-state index in [1.54, 1.807) is 11.1 Å². The molecular formula is C13H20. The summed E-state index contributed by atoms with van der Waals surface area (Å²) in [5.41, 5.74) is 4.04. The molecule has 0 bridgehead atoms. The first kappa shape index (κ1) is 9.05. The summed E-state index contributed by atoms with van der Waals surface area (Å²) in [6.07, 6.45) is 13.0. The second-order valence-corrected chi connectivity index (χ2v) is 4.49. The van der Waals surface area contributed by atoms with Gasteiger partial charge in [0.2, 0.25) is 0 Å². The molecule has 0 N–H and O–H groups in total. The van der Waals surface area contributed by atoms with Crippen LogP contribution in [0.3, 0.4) is 0 Å². The predicted molar refractivity (Wildman–Crippen MR) is 57.6 cm³/mol. The minimum Gasteiger partial charge on any atom is -0.0740 e. The van der Waals surface area contributed by atoms with Gasteiger partial charge in [-0.15, -0.1) is 0 Å². The van der Waals surface area contributed by atoms with Crippen LogP contribution in [0, 0.1) is 5.41 Å². The maximum atomic E-state index is 2.48. The van der Waals surface area contributed by atoms with Gasteiger partial charge < -0.3 is 0 Å². The first-order chi connectivity index (χ1) is 6.32. The minimum atomic E-state index is 0.584. The van der Waals surface area contributed by atoms with Crippen LogP contribution in [-0.4, -0.2) is 0 Å². The Morgan fingerprint density at radius 3 is 2.38 bits per heavy atom. The van der Waals surface area contributed by atoms with E-state index in [0.29, 0.717) is 5.41 Å². The Morgan fingerprint density at radius 1 is 1.15 bits per heavy atom. The quantitative estimate of drug-likeness (QED) is 0.601. The van der Waals surface area contributed by atoms with Crippen LogP contribution in [0.1, 0.15) is 52.4 Å². The molecule has 1 spiro atoms. The third-order valence-corrected chi connectivity index (χ3v) is 3.40. The zero-order valence-corrected chi connectivity index (χ0v) is 8.90. The summed E-state index contributed by atoms with van der Waals surface area (Å²) in [6, 6.07) is 0. The van der Waals surface area contributed by atoms with E-state index >= 15 is 0 Å². The van der Waals surface area contributed by atoms with Gasteiger partial charge in [-0.1, -0.05) is 44.4 Å². The van der Waals surface area contributed by atoms with Crippen LogP contribution in [0.25, 0.3) is 0 Å². The highest BCUT2D eigenvalue weighted by Crippen LogP contribution is 2.58. The summed E-state index contributed by atoms with van der Waals surface area (Å²) >= 11 is 0. The van der Waals surface area contributed by atoms with Crippen molar-refractivity contribution >= 4 is 0 Å². The Hall–Kier alpha value is -0.520. The molecule has 0 atom stereocenters. The third-order valence-electron chi connectivity index (χ3n) is 3.40. The van der Waals surface area contributed by atoms with Gasteiger partial charge in [-0.3, -0.25) is 0 Å². The molecule has 0 aromatic carbocycles. The fraction of sp³-hybridized carbons (Fsp3) is 0.692. The molecule has 0 aliphatic heterocycles. The van der Waals surface area contributed by atoms with E-state index in [2.05, 4.69) is 26.0 Å². The molecule has 1 saturated carbocycles. The molecule has 1 fully saturated rings. The summed E-state index contributed by atoms with van der Waals surface area (Å²) in [5.74, 6) is 0. The molecule has 0 amide bonds. The first-order valence-corrected chi connectivity index (χ1v) is 5.74. The van der Waals surface area contributed by atoms with Crippen LogP contribution in [-0.2, 0) is 0 Å². The summed E-state index contributed by atoms with van der Waals surface area (Å²) in [5, 5.41) is 0. The number of hydrogen-bond donors (Lipinski definition) is 0. The summed E-state index contributed by atoms with van der Waals surface area (Å²) in [4.78, 5) is 0. The van der Waals surface area contributed by atoms with Crippen LogP contribution in [0.5, 0.6) is 0 Å². The Kier molecular flexibility index (Phi) is 2.31. The lowest BCUT2D eigenvalue weighted by molar-refractivity contribution is 0.706. The lowest BCUT2D eigenvalue weighted by atomic mass is 9.92. The highest BCUT2D eigenvalue weighted by atomic mass is 14.5. The smallest absolute Gasteiger partial charge is 0.0101 e. The average Bonchev–Trinajstić information content (AvgIpc) is 2.82. The molecule has 0 nitrogen and oxygen atoms in total. The molecule has 0 aromatic rings. The fourth-order valence-corrected chi connectivity index (χ4v) is 2.55. The van der Waals surface area contributed by atoms with Gasteiger partial charge in [0.15, 0.2) is 0 Å². The molecule has 0 aromatic heterocycles. The molecule has 0 radical (unpaired) electrons. The van der Waals surface area contributed by atoms with Crippen molar-refractivity contribution < 1.29 is 0 Å². The van der Waals surface area contributed by atoms with Crippen molar-refractivity contribution in [1.82, 2.24) is 0 Å². The van der Waals surface area contributed by atoms with Crippen LogP contribution < -0.4 is 0 Å². The zero-order chi connectivity index (χ0) is 9.31. The molecule has 0 saturated heterocycles. The largest absolute Gasteiger partial charge is 0.0740 e. The Bertz CT molecular complexity index is 251. The van der Waals surface area contributed by atoms with Gasteiger partial charge in [0.05, 0.1) is 0 Å². The van der Waals surface area contributed by atoms with Gasteiger partial charge in [-0.2, -0.15) is 0 Å². The second kappa shape index (κ2) is 3.32. The van der Waals surface area contributed by atoms with Crippen LogP contribution >= 0.6 is 0 Å². The Morgan fingerprint density at radius 2 is 1.85 bits per heavy atom. The van der Waals surface area contributed by atoms with E-state index in [-0.39, 0.29) is 0 Å². The van der Waals surface area contributed by atoms with Crippen molar-refractivity contribution in [3.05, 3.63) is 23.3 Å². The normalized spacial score (nSPS) is 23.2. The first-order valence-electron chi connectivity index (χ1n) is 5.74. The second-order valence-electron chi connectivity index (χ2n) is 4.49. The number of rotatable bonds is 4. The zero-order valence-electron chi connectivity index (χ0n) is 8.90. The van der Waals surface area contributed by atoms with Crippen LogP contribution in [0.4, 0.5) is 0 Å². The molecule has 72 valence electrons. The molecule has 0 heterocycles. The monoisotopic (exact) mass is 176 g/mol. The van der Waals surface area contributed by atoms with Crippen LogP contribution in [0.2, 0.25) is 0 Å². The van der Waals surface area contributed by atoms with Crippen molar-refractivity contribution in [3.63, 3.8) is 0 Å². The van der Waals surface area contributed by atoms with Crippen molar-refractivity contribution in [3.8, 4) is 0 Å². The van der Waals surface area contributed by atoms with Gasteiger partial charge in [0.1, 0.15) is 0 Å². The van der Waals surface area contributed by atoms with E-state index in [0.717, 1.165) is 0 Å². The summed E-state index contributed by atoms with van der Waals surface area (Å²) in [7, 11) is 0. The fourth-order valence-electron chi connectivity index (χ4n) is 2.55. The molecule has 2 aliphatic rings. The van der Waals surface area contributed by atoms with Crippen molar-refractivity contribution in [2.75, 3.05) is 0 Å². The third kappa shape index (κ3) is 1.47. The maximum Gasteiger partial charge on any atom is 0.0101 e. The SMILES string of the molecule is CCCC1=C(CCC)C2(C=C1)CC2. The molecular weight excluding hydrogens is 156 g/mol. The maximum absolute atomic E-state index is 2.48. The van der Waals surface area contributed by atoms with Gasteiger partial charge in [0, 0.05) is 5.41 Å². The summed E-state index contributed by atoms with van der Waals surface area (Å²) in [6.45, 7) is 4.58. The molecule has 2 rings (SSSR count). The number of allylic oxidation sites excluding steroid dienone is 4. The van der Waals surface area contributed by atoms with Crippen LogP contribution in [0.15, 0.2) is 23.3 Å². The van der Waals surface area contributed by atoms with E-state index in [1.807, 2.05) is 0 Å². The van der Waals surface area contributed by atoms with Crippen molar-refractivity contribution in [2.24, 2.45) is 5.41 Å². The van der Waals surface area contributed by atoms with E-state index in [4.69, 9.17) is 0 Å². The molecule has 2 aliphatic carbocycles. The Labute approximate surface area is 81.7 Å². The highest BCUT2D eigenvalue weighted by molar-refractivity contribution is 5.45. The van der Waals surface area contributed by atoms with Crippen molar-refractivity contribution in [1.29, 1.82) is 0 Å². The molecule has 13 heavy (non-hydrogen) atoms. The average molecular weight is 176 g/mol. The van der Waals surface area contributed by atoms with Gasteiger partial charge in [-0.05, 0) is 31.3 Å². The Balaban J connectivity index is 2.17. The van der Waals surface area contributed by atoms with E-state index in [9.17, 15) is 0 Å². The topological polar surface area (TPSA) is 0 Å². The van der Waals surface area contributed by atoms with E-state index in [1.165, 1.54) is 38.5 Å². The predicted octanol–water partition coefficient (Wildman–Crippen LogP) is 4.23. The lowest BCUT2D eigenvalue weighted by Crippen LogP contribution is -1.98. The summed E-state index contributed by atoms with van der Waals surface area (Å²) < 4.78 is 0. The standard InChI is InChI=1S/C13H20/c1-3-5-11-7-8-13(9-10-13)12(11)6-4-2/h7-8H,3-6,9-10H2,1-2H3. The minimum absolute atomic E-state index is 0.584. The molecule has 0 unspecified atom stereocenters. The van der Waals surface area contributed by atoms with Gasteiger partial charge in [0.25, 0.3) is 0 Å². The van der Waals surface area contributed by atoms with E-state index < -0.39 is 0 Å². The number of hydrogen-bond acceptors (Lipinski definition) is 0. The lowest BCUT2D eigenvalue weighted by Gasteiger charge is -2.12. The highest BCUT2D eigenvalue weighted by Gasteiger charge is 2.46. The van der Waals surface area contributed by atoms with Crippen molar-refractivity contribution in [2.45, 2.75) is 52.4 Å².